The number of alkyl halides is 1. The van der Waals surface area contributed by atoms with Gasteiger partial charge in [0.1, 0.15) is 5.82 Å². The molecule has 0 saturated carbocycles. The molecule has 0 aliphatic carbocycles. The van der Waals surface area contributed by atoms with Crippen LogP contribution in [0.1, 0.15) is 23.9 Å². The van der Waals surface area contributed by atoms with Crippen LogP contribution in [0.15, 0.2) is 24.4 Å². The van der Waals surface area contributed by atoms with E-state index in [0.717, 1.165) is 12.1 Å². The molecule has 6 heteroatoms. The Morgan fingerprint density at radius 2 is 2.29 bits per heavy atom. The highest BCUT2D eigenvalue weighted by molar-refractivity contribution is 9.09. The molecule has 1 aromatic carbocycles. The minimum atomic E-state index is -0.354. The normalized spacial score (nSPS) is 12.7. The Bertz CT molecular complexity index is 529. The number of hydrogen-bond donors (Lipinski definition) is 0. The van der Waals surface area contributed by atoms with Gasteiger partial charge in [-0.15, -0.1) is 5.10 Å². The Balaban J connectivity index is 2.40. The monoisotopic (exact) mass is 317 g/mol. The molecule has 0 saturated heterocycles. The zero-order valence-corrected chi connectivity index (χ0v) is 11.4. The molecule has 0 N–H and O–H groups in total. The van der Waals surface area contributed by atoms with E-state index in [2.05, 4.69) is 26.2 Å². The summed E-state index contributed by atoms with van der Waals surface area (Å²) in [5, 5.41) is 8.40. The van der Waals surface area contributed by atoms with Gasteiger partial charge in [-0.05, 0) is 18.6 Å². The van der Waals surface area contributed by atoms with Gasteiger partial charge < -0.3 is 0 Å². The Morgan fingerprint density at radius 1 is 1.53 bits per heavy atom. The van der Waals surface area contributed by atoms with Crippen molar-refractivity contribution in [3.05, 3.63) is 40.9 Å². The van der Waals surface area contributed by atoms with Gasteiger partial charge in [0.25, 0.3) is 0 Å². The van der Waals surface area contributed by atoms with E-state index in [4.69, 9.17) is 11.6 Å². The first-order valence-electron chi connectivity index (χ1n) is 5.13. The molecule has 0 bridgehead atoms. The van der Waals surface area contributed by atoms with Crippen LogP contribution >= 0.6 is 27.5 Å². The van der Waals surface area contributed by atoms with Crippen molar-refractivity contribution in [2.24, 2.45) is 0 Å². The van der Waals surface area contributed by atoms with Gasteiger partial charge in [0.2, 0.25) is 0 Å². The van der Waals surface area contributed by atoms with Gasteiger partial charge in [-0.25, -0.2) is 9.07 Å². The van der Waals surface area contributed by atoms with Gasteiger partial charge in [-0.2, -0.15) is 0 Å². The fourth-order valence-electron chi connectivity index (χ4n) is 1.41. The molecule has 0 aliphatic heterocycles. The molecule has 2 aromatic rings. The Labute approximate surface area is 112 Å². The summed E-state index contributed by atoms with van der Waals surface area (Å²) in [5.41, 5.74) is 1.29. The van der Waals surface area contributed by atoms with Gasteiger partial charge in [0.05, 0.1) is 27.4 Å². The van der Waals surface area contributed by atoms with Crippen LogP contribution in [0.4, 0.5) is 4.39 Å². The average molecular weight is 319 g/mol. The van der Waals surface area contributed by atoms with Crippen molar-refractivity contribution >= 4 is 27.5 Å². The summed E-state index contributed by atoms with van der Waals surface area (Å²) < 4.78 is 14.6. The van der Waals surface area contributed by atoms with Crippen molar-refractivity contribution in [3.8, 4) is 5.69 Å². The van der Waals surface area contributed by atoms with Gasteiger partial charge in [-0.3, -0.25) is 0 Å². The highest BCUT2D eigenvalue weighted by Crippen LogP contribution is 2.26. The van der Waals surface area contributed by atoms with Crippen molar-refractivity contribution in [1.82, 2.24) is 15.0 Å². The SMILES string of the molecule is CCC(Br)c1cn(-c2cc(F)ccc2Cl)nn1. The molecule has 1 aromatic heterocycles. The van der Waals surface area contributed by atoms with Crippen LogP contribution in [0.3, 0.4) is 0 Å². The summed E-state index contributed by atoms with van der Waals surface area (Å²) in [6.45, 7) is 2.04. The molecule has 0 spiro atoms. The first-order chi connectivity index (χ1) is 8.11. The number of aromatic nitrogens is 3. The van der Waals surface area contributed by atoms with Gasteiger partial charge >= 0.3 is 0 Å². The number of nitrogens with zero attached hydrogens (tertiary/aromatic N) is 3. The summed E-state index contributed by atoms with van der Waals surface area (Å²) in [7, 11) is 0. The van der Waals surface area contributed by atoms with Crippen molar-refractivity contribution < 1.29 is 4.39 Å². The van der Waals surface area contributed by atoms with E-state index in [-0.39, 0.29) is 10.6 Å². The van der Waals surface area contributed by atoms with Crippen molar-refractivity contribution in [1.29, 1.82) is 0 Å². The molecular weight excluding hydrogens is 308 g/mol. The lowest BCUT2D eigenvalue weighted by Gasteiger charge is -2.03. The van der Waals surface area contributed by atoms with E-state index in [9.17, 15) is 4.39 Å². The third-order valence-electron chi connectivity index (χ3n) is 2.35. The second-order valence-corrected chi connectivity index (χ2v) is 5.07. The number of halogens is 3. The average Bonchev–Trinajstić information content (AvgIpc) is 2.80. The minimum Gasteiger partial charge on any atom is -0.219 e. The van der Waals surface area contributed by atoms with Crippen LogP contribution in [-0.4, -0.2) is 15.0 Å². The number of benzene rings is 1. The molecule has 3 nitrogen and oxygen atoms in total. The van der Waals surface area contributed by atoms with E-state index in [1.54, 1.807) is 6.20 Å². The molecule has 90 valence electrons. The van der Waals surface area contributed by atoms with Crippen molar-refractivity contribution in [3.63, 3.8) is 0 Å². The third-order valence-corrected chi connectivity index (χ3v) is 3.78. The van der Waals surface area contributed by atoms with Gasteiger partial charge in [0.15, 0.2) is 0 Å². The molecule has 1 heterocycles. The predicted molar refractivity (Wildman–Crippen MR) is 68.3 cm³/mol. The highest BCUT2D eigenvalue weighted by atomic mass is 79.9. The summed E-state index contributed by atoms with van der Waals surface area (Å²) >= 11 is 9.47. The van der Waals surface area contributed by atoms with E-state index in [0.29, 0.717) is 10.7 Å². The quantitative estimate of drug-likeness (QED) is 0.803. The van der Waals surface area contributed by atoms with E-state index in [1.165, 1.54) is 22.9 Å². The molecule has 0 fully saturated rings. The van der Waals surface area contributed by atoms with Crippen LogP contribution in [0, 0.1) is 5.82 Å². The van der Waals surface area contributed by atoms with Gasteiger partial charge in [-0.1, -0.05) is 39.7 Å². The fraction of sp³-hybridized carbons (Fsp3) is 0.273. The lowest BCUT2D eigenvalue weighted by Crippen LogP contribution is -1.96. The summed E-state index contributed by atoms with van der Waals surface area (Å²) in [6, 6.07) is 4.14. The van der Waals surface area contributed by atoms with Crippen LogP contribution < -0.4 is 0 Å². The minimum absolute atomic E-state index is 0.142. The maximum Gasteiger partial charge on any atom is 0.125 e. The molecular formula is C11H10BrClFN3. The summed E-state index contributed by atoms with van der Waals surface area (Å²) in [5.74, 6) is -0.354. The van der Waals surface area contributed by atoms with E-state index in [1.807, 2.05) is 6.92 Å². The van der Waals surface area contributed by atoms with Crippen molar-refractivity contribution in [2.75, 3.05) is 0 Å². The summed E-state index contributed by atoms with van der Waals surface area (Å²) in [6.07, 6.45) is 2.64. The molecule has 0 amide bonds. The number of rotatable bonds is 3. The van der Waals surface area contributed by atoms with Gasteiger partial charge in [0, 0.05) is 6.07 Å². The second kappa shape index (κ2) is 5.14. The zero-order valence-electron chi connectivity index (χ0n) is 9.07. The Morgan fingerprint density at radius 3 is 3.00 bits per heavy atom. The molecule has 17 heavy (non-hydrogen) atoms. The number of hydrogen-bond acceptors (Lipinski definition) is 2. The largest absolute Gasteiger partial charge is 0.219 e. The Kier molecular flexibility index (Phi) is 3.79. The van der Waals surface area contributed by atoms with Crippen LogP contribution in [-0.2, 0) is 0 Å². The lowest BCUT2D eigenvalue weighted by atomic mass is 10.2. The standard InChI is InChI=1S/C11H10BrClFN3/c1-2-8(12)10-6-17(16-15-10)11-5-7(14)3-4-9(11)13/h3-6,8H,2H2,1H3. The molecule has 0 aliphatic rings. The smallest absolute Gasteiger partial charge is 0.125 e. The molecule has 1 unspecified atom stereocenters. The van der Waals surface area contributed by atoms with Crippen LogP contribution in [0.5, 0.6) is 0 Å². The Hall–Kier alpha value is -0.940. The first-order valence-corrected chi connectivity index (χ1v) is 6.43. The van der Waals surface area contributed by atoms with Crippen LogP contribution in [0.2, 0.25) is 5.02 Å². The maximum atomic E-state index is 13.1. The second-order valence-electron chi connectivity index (χ2n) is 3.56. The van der Waals surface area contributed by atoms with Crippen molar-refractivity contribution in [2.45, 2.75) is 18.2 Å². The molecule has 2 rings (SSSR count). The summed E-state index contributed by atoms with van der Waals surface area (Å²) in [4.78, 5) is 0.142. The first kappa shape index (κ1) is 12.5. The highest BCUT2D eigenvalue weighted by Gasteiger charge is 2.12. The lowest BCUT2D eigenvalue weighted by molar-refractivity contribution is 0.625. The zero-order chi connectivity index (χ0) is 12.4. The fourth-order valence-corrected chi connectivity index (χ4v) is 1.82. The maximum absolute atomic E-state index is 13.1. The predicted octanol–water partition coefficient (Wildman–Crippen LogP) is 3.91. The molecule has 1 atom stereocenters. The van der Waals surface area contributed by atoms with E-state index >= 15 is 0 Å². The van der Waals surface area contributed by atoms with Crippen LogP contribution in [0.25, 0.3) is 5.69 Å². The third kappa shape index (κ3) is 2.66. The van der Waals surface area contributed by atoms with E-state index < -0.39 is 0 Å². The topological polar surface area (TPSA) is 30.7 Å². The molecule has 0 radical (unpaired) electrons.